The van der Waals surface area contributed by atoms with Crippen LogP contribution in [0.15, 0.2) is 29.2 Å². The summed E-state index contributed by atoms with van der Waals surface area (Å²) in [5.41, 5.74) is 5.74. The molecule has 0 bridgehead atoms. The van der Waals surface area contributed by atoms with Crippen LogP contribution in [0.4, 0.5) is 8.78 Å². The van der Waals surface area contributed by atoms with Gasteiger partial charge >= 0.3 is 6.61 Å². The number of nitrogens with zero attached hydrogens (tertiary/aromatic N) is 1. The molecule has 21 heavy (non-hydrogen) atoms. The van der Waals surface area contributed by atoms with Crippen LogP contribution < -0.4 is 10.5 Å². The molecule has 1 aliphatic heterocycles. The third-order valence-electron chi connectivity index (χ3n) is 3.19. The third kappa shape index (κ3) is 4.50. The van der Waals surface area contributed by atoms with E-state index in [0.29, 0.717) is 25.9 Å². The van der Waals surface area contributed by atoms with Gasteiger partial charge < -0.3 is 10.5 Å². The van der Waals surface area contributed by atoms with E-state index in [1.807, 2.05) is 0 Å². The normalized spacial score (nSPS) is 17.5. The molecule has 0 radical (unpaired) electrons. The topological polar surface area (TPSA) is 72.6 Å². The van der Waals surface area contributed by atoms with Crippen molar-refractivity contribution in [2.75, 3.05) is 13.1 Å². The minimum Gasteiger partial charge on any atom is -0.435 e. The highest BCUT2D eigenvalue weighted by Gasteiger charge is 2.28. The van der Waals surface area contributed by atoms with Crippen LogP contribution in [0, 0.1) is 0 Å². The number of halogens is 3. The van der Waals surface area contributed by atoms with Crippen molar-refractivity contribution in [2.24, 2.45) is 5.73 Å². The SMILES string of the molecule is Cl.NC1CCN(S(=O)(=O)c2ccc(OC(F)F)cc2)CC1. The molecular formula is C12H17ClF2N2O3S. The first-order valence-corrected chi connectivity index (χ1v) is 7.64. The lowest BCUT2D eigenvalue weighted by Gasteiger charge is -2.29. The van der Waals surface area contributed by atoms with Gasteiger partial charge in [0.05, 0.1) is 4.90 Å². The molecule has 0 saturated carbocycles. The number of hydrogen-bond acceptors (Lipinski definition) is 4. The molecule has 2 rings (SSSR count). The molecule has 0 amide bonds. The Bertz CT molecular complexity index is 546. The summed E-state index contributed by atoms with van der Waals surface area (Å²) < 4.78 is 54.2. The highest BCUT2D eigenvalue weighted by molar-refractivity contribution is 7.89. The van der Waals surface area contributed by atoms with Gasteiger partial charge in [-0.15, -0.1) is 12.4 Å². The quantitative estimate of drug-likeness (QED) is 0.906. The Morgan fingerprint density at radius 2 is 1.71 bits per heavy atom. The van der Waals surface area contributed by atoms with Crippen LogP contribution in [0.5, 0.6) is 5.75 Å². The summed E-state index contributed by atoms with van der Waals surface area (Å²) in [6.07, 6.45) is 1.23. The van der Waals surface area contributed by atoms with Crippen LogP contribution >= 0.6 is 12.4 Å². The fraction of sp³-hybridized carbons (Fsp3) is 0.500. The van der Waals surface area contributed by atoms with Crippen molar-refractivity contribution in [1.29, 1.82) is 0 Å². The van der Waals surface area contributed by atoms with E-state index in [4.69, 9.17) is 5.73 Å². The van der Waals surface area contributed by atoms with Crippen molar-refractivity contribution in [1.82, 2.24) is 4.31 Å². The number of piperidine rings is 1. The second-order valence-corrected chi connectivity index (χ2v) is 6.53. The molecule has 1 heterocycles. The molecule has 0 unspecified atom stereocenters. The molecule has 120 valence electrons. The van der Waals surface area contributed by atoms with Gasteiger partial charge in [0.15, 0.2) is 0 Å². The van der Waals surface area contributed by atoms with Crippen molar-refractivity contribution < 1.29 is 21.9 Å². The Kier molecular flexibility index (Phi) is 6.33. The van der Waals surface area contributed by atoms with Gasteiger partial charge in [-0.25, -0.2) is 8.42 Å². The second-order valence-electron chi connectivity index (χ2n) is 4.59. The van der Waals surface area contributed by atoms with Gasteiger partial charge in [-0.05, 0) is 37.1 Å². The van der Waals surface area contributed by atoms with Gasteiger partial charge in [0.25, 0.3) is 0 Å². The number of rotatable bonds is 4. The van der Waals surface area contributed by atoms with E-state index in [2.05, 4.69) is 4.74 Å². The molecular weight excluding hydrogens is 326 g/mol. The summed E-state index contributed by atoms with van der Waals surface area (Å²) in [7, 11) is -3.60. The van der Waals surface area contributed by atoms with Crippen molar-refractivity contribution in [3.63, 3.8) is 0 Å². The van der Waals surface area contributed by atoms with E-state index in [-0.39, 0.29) is 29.1 Å². The Morgan fingerprint density at radius 1 is 1.19 bits per heavy atom. The van der Waals surface area contributed by atoms with Crippen LogP contribution in [0.1, 0.15) is 12.8 Å². The lowest BCUT2D eigenvalue weighted by molar-refractivity contribution is -0.0498. The number of alkyl halides is 2. The lowest BCUT2D eigenvalue weighted by atomic mass is 10.1. The van der Waals surface area contributed by atoms with Crippen LogP contribution in [0.3, 0.4) is 0 Å². The molecule has 1 fully saturated rings. The maximum absolute atomic E-state index is 12.3. The number of benzene rings is 1. The van der Waals surface area contributed by atoms with Crippen molar-refractivity contribution in [3.05, 3.63) is 24.3 Å². The number of sulfonamides is 1. The number of nitrogens with two attached hydrogens (primary N) is 1. The lowest BCUT2D eigenvalue weighted by Crippen LogP contribution is -2.42. The molecule has 1 aromatic rings. The summed E-state index contributed by atoms with van der Waals surface area (Å²) >= 11 is 0. The van der Waals surface area contributed by atoms with Crippen molar-refractivity contribution in [2.45, 2.75) is 30.4 Å². The van der Waals surface area contributed by atoms with Crippen LogP contribution in [0.25, 0.3) is 0 Å². The van der Waals surface area contributed by atoms with E-state index in [1.165, 1.54) is 28.6 Å². The van der Waals surface area contributed by atoms with Crippen LogP contribution in [0.2, 0.25) is 0 Å². The van der Waals surface area contributed by atoms with Crippen molar-refractivity contribution >= 4 is 22.4 Å². The predicted molar refractivity (Wildman–Crippen MR) is 76.3 cm³/mol. The number of ether oxygens (including phenoxy) is 1. The summed E-state index contributed by atoms with van der Waals surface area (Å²) in [5, 5.41) is 0. The van der Waals surface area contributed by atoms with Crippen molar-refractivity contribution in [3.8, 4) is 5.75 Å². The summed E-state index contributed by atoms with van der Waals surface area (Å²) in [6, 6.07) is 5.00. The van der Waals surface area contributed by atoms with Gasteiger partial charge in [0.2, 0.25) is 10.0 Å². The maximum atomic E-state index is 12.3. The average molecular weight is 343 g/mol. The predicted octanol–water partition coefficient (Wildman–Crippen LogP) is 1.82. The summed E-state index contributed by atoms with van der Waals surface area (Å²) in [5.74, 6) is -0.0698. The molecule has 0 atom stereocenters. The first-order valence-electron chi connectivity index (χ1n) is 6.20. The molecule has 1 aliphatic rings. The van der Waals surface area contributed by atoms with Gasteiger partial charge in [0, 0.05) is 19.1 Å². The minimum atomic E-state index is -3.60. The standard InChI is InChI=1S/C12H16F2N2O3S.ClH/c13-12(14)19-10-1-3-11(4-2-10)20(17,18)16-7-5-9(15)6-8-16;/h1-4,9,12H,5-8,15H2;1H. The van der Waals surface area contributed by atoms with Gasteiger partial charge in [-0.2, -0.15) is 13.1 Å². The van der Waals surface area contributed by atoms with E-state index in [0.717, 1.165) is 0 Å². The van der Waals surface area contributed by atoms with Crippen LogP contribution in [-0.4, -0.2) is 38.5 Å². The Hall–Kier alpha value is -0.960. The summed E-state index contributed by atoms with van der Waals surface area (Å²) in [6.45, 7) is -2.18. The first kappa shape index (κ1) is 18.1. The van der Waals surface area contributed by atoms with E-state index in [9.17, 15) is 17.2 Å². The largest absolute Gasteiger partial charge is 0.435 e. The fourth-order valence-electron chi connectivity index (χ4n) is 2.06. The zero-order chi connectivity index (χ0) is 14.8. The summed E-state index contributed by atoms with van der Waals surface area (Å²) in [4.78, 5) is 0.0644. The smallest absolute Gasteiger partial charge is 0.387 e. The fourth-order valence-corrected chi connectivity index (χ4v) is 3.53. The molecule has 9 heteroatoms. The molecule has 0 aliphatic carbocycles. The second kappa shape index (κ2) is 7.35. The highest BCUT2D eigenvalue weighted by Crippen LogP contribution is 2.23. The van der Waals surface area contributed by atoms with E-state index >= 15 is 0 Å². The average Bonchev–Trinajstić information content (AvgIpc) is 2.39. The highest BCUT2D eigenvalue weighted by atomic mass is 35.5. The number of hydrogen-bond donors (Lipinski definition) is 1. The maximum Gasteiger partial charge on any atom is 0.387 e. The Morgan fingerprint density at radius 3 is 2.19 bits per heavy atom. The van der Waals surface area contributed by atoms with Gasteiger partial charge in [-0.1, -0.05) is 0 Å². The van der Waals surface area contributed by atoms with Gasteiger partial charge in [-0.3, -0.25) is 0 Å². The zero-order valence-electron chi connectivity index (χ0n) is 11.1. The minimum absolute atomic E-state index is 0. The molecule has 5 nitrogen and oxygen atoms in total. The molecule has 1 saturated heterocycles. The van der Waals surface area contributed by atoms with E-state index < -0.39 is 16.6 Å². The van der Waals surface area contributed by atoms with Crippen LogP contribution in [-0.2, 0) is 10.0 Å². The Balaban J connectivity index is 0.00000220. The zero-order valence-corrected chi connectivity index (χ0v) is 12.7. The monoisotopic (exact) mass is 342 g/mol. The molecule has 0 aromatic heterocycles. The van der Waals surface area contributed by atoms with E-state index in [1.54, 1.807) is 0 Å². The molecule has 1 aromatic carbocycles. The molecule has 2 N–H and O–H groups in total. The van der Waals surface area contributed by atoms with Gasteiger partial charge in [0.1, 0.15) is 5.75 Å². The third-order valence-corrected chi connectivity index (χ3v) is 5.10. The Labute approximate surface area is 128 Å². The molecule has 0 spiro atoms. The first-order chi connectivity index (χ1) is 9.39.